The lowest BCUT2D eigenvalue weighted by Gasteiger charge is -2.23. The van der Waals surface area contributed by atoms with Crippen LogP contribution in [0.2, 0.25) is 1.41 Å². The van der Waals surface area contributed by atoms with E-state index in [9.17, 15) is 14.0 Å². The van der Waals surface area contributed by atoms with Gasteiger partial charge in [-0.05, 0) is 35.7 Å². The highest BCUT2D eigenvalue weighted by Crippen LogP contribution is 2.28. The molecule has 2 atom stereocenters. The minimum absolute atomic E-state index is 0.0702. The Balaban J connectivity index is 1.57. The van der Waals surface area contributed by atoms with Gasteiger partial charge in [0, 0.05) is 36.5 Å². The van der Waals surface area contributed by atoms with Crippen LogP contribution in [0.25, 0.3) is 10.9 Å². The van der Waals surface area contributed by atoms with Gasteiger partial charge in [-0.3, -0.25) is 4.79 Å². The smallest absolute Gasteiger partial charge is 0.410 e. The van der Waals surface area contributed by atoms with Crippen molar-refractivity contribution in [1.82, 2.24) is 9.88 Å². The molecule has 3 aromatic rings. The number of fused-ring (bicyclic) bond motifs is 1. The quantitative estimate of drug-likeness (QED) is 0.638. The first-order chi connectivity index (χ1) is 15.3. The first kappa shape index (κ1) is 17.5. The number of hydrogen-bond acceptors (Lipinski definition) is 4. The molecule has 7 heteroatoms. The van der Waals surface area contributed by atoms with Crippen LogP contribution in [0.5, 0.6) is 0 Å². The molecule has 4 rings (SSSR count). The number of carbonyl (C=O) groups is 2. The number of ether oxygens (including phenoxy) is 2. The summed E-state index contributed by atoms with van der Waals surface area (Å²) < 4.78 is 40.9. The van der Waals surface area contributed by atoms with Gasteiger partial charge in [0.25, 0.3) is 0 Å². The van der Waals surface area contributed by atoms with Gasteiger partial charge in [-0.2, -0.15) is 0 Å². The fraction of sp³-hybridized carbons (Fsp3) is 0.304. The fourth-order valence-corrected chi connectivity index (χ4v) is 3.84. The molecule has 1 aliphatic rings. The molecule has 0 radical (unpaired) electrons. The molecular formula is C23H23FN2O4. The molecule has 0 saturated carbocycles. The minimum Gasteiger partial charge on any atom is -0.461 e. The van der Waals surface area contributed by atoms with E-state index in [0.29, 0.717) is 17.4 Å². The van der Waals surface area contributed by atoms with E-state index >= 15 is 0 Å². The van der Waals surface area contributed by atoms with E-state index in [1.807, 2.05) is 30.3 Å². The van der Waals surface area contributed by atoms with E-state index in [-0.39, 0.29) is 31.3 Å². The molecule has 2 heterocycles. The zero-order chi connectivity index (χ0) is 22.8. The second kappa shape index (κ2) is 8.57. The van der Waals surface area contributed by atoms with E-state index in [4.69, 9.17) is 12.3 Å². The molecule has 1 N–H and O–H groups in total. The number of benzene rings is 2. The van der Waals surface area contributed by atoms with Crippen LogP contribution < -0.4 is 0 Å². The van der Waals surface area contributed by atoms with Crippen molar-refractivity contribution < 1.29 is 26.2 Å². The van der Waals surface area contributed by atoms with Crippen molar-refractivity contribution in [1.29, 1.82) is 0 Å². The first-order valence-electron chi connectivity index (χ1n) is 10.7. The predicted octanol–water partition coefficient (Wildman–Crippen LogP) is 4.19. The molecule has 2 aromatic carbocycles. The molecule has 156 valence electrons. The number of nitrogens with one attached hydrogen (secondary N) is 1. The topological polar surface area (TPSA) is 71.6 Å². The maximum Gasteiger partial charge on any atom is 0.410 e. The van der Waals surface area contributed by atoms with Gasteiger partial charge in [-0.1, -0.05) is 30.3 Å². The highest BCUT2D eigenvalue weighted by Gasteiger charge is 2.38. The number of amides is 1. The first-order valence-corrected chi connectivity index (χ1v) is 9.76. The summed E-state index contributed by atoms with van der Waals surface area (Å²) in [7, 11) is 0. The largest absolute Gasteiger partial charge is 0.461 e. The third-order valence-corrected chi connectivity index (χ3v) is 5.18. The highest BCUT2D eigenvalue weighted by molar-refractivity contribution is 5.83. The molecular weight excluding hydrogens is 387 g/mol. The van der Waals surface area contributed by atoms with Crippen LogP contribution in [-0.4, -0.2) is 40.6 Å². The lowest BCUT2D eigenvalue weighted by Crippen LogP contribution is -2.37. The molecule has 0 bridgehead atoms. The maximum absolute atomic E-state index is 13.7. The van der Waals surface area contributed by atoms with E-state index < -0.39 is 30.0 Å². The van der Waals surface area contributed by atoms with Gasteiger partial charge in [-0.25, -0.2) is 9.18 Å². The molecule has 0 spiro atoms. The number of aromatic amines is 1. The molecule has 30 heavy (non-hydrogen) atoms. The maximum atomic E-state index is 13.7. The van der Waals surface area contributed by atoms with Crippen molar-refractivity contribution >= 4 is 23.0 Å². The molecule has 1 amide bonds. The van der Waals surface area contributed by atoms with Crippen molar-refractivity contribution in [2.24, 2.45) is 0 Å². The Hall–Kier alpha value is -3.35. The number of nitrogens with zero attached hydrogens (tertiary/aromatic N) is 1. The zero-order valence-electron chi connectivity index (χ0n) is 18.5. The van der Waals surface area contributed by atoms with Crippen molar-refractivity contribution in [3.63, 3.8) is 0 Å². The summed E-state index contributed by atoms with van der Waals surface area (Å²) in [6.45, 7) is 1.60. The molecule has 1 aromatic heterocycles. The van der Waals surface area contributed by atoms with Crippen molar-refractivity contribution in [3.8, 4) is 0 Å². The summed E-state index contributed by atoms with van der Waals surface area (Å²) in [5, 5.41) is 0.583. The Kier molecular flexibility index (Phi) is 5.00. The number of likely N-dealkylation sites (tertiary alicyclic amines) is 1. The second-order valence-electron chi connectivity index (χ2n) is 7.38. The summed E-state index contributed by atoms with van der Waals surface area (Å²) in [5.41, 5.74) is 1.67. The molecule has 1 saturated heterocycles. The number of rotatable bonds is 5. The van der Waals surface area contributed by atoms with Gasteiger partial charge >= 0.3 is 12.1 Å². The average molecular weight is 412 g/mol. The SMILES string of the molecule is [2H]c1c(CC2CC(OC(C)=O)CN2C(=O)OCc2ccccc2)c2ccc(F)cc2n1[2H]. The number of hydrogen-bond donors (Lipinski definition) is 1. The van der Waals surface area contributed by atoms with Gasteiger partial charge < -0.3 is 19.4 Å². The monoisotopic (exact) mass is 412 g/mol. The Morgan fingerprint density at radius 1 is 1.30 bits per heavy atom. The summed E-state index contributed by atoms with van der Waals surface area (Å²) in [4.78, 5) is 26.7. The highest BCUT2D eigenvalue weighted by atomic mass is 19.1. The Labute approximate surface area is 176 Å². The zero-order valence-corrected chi connectivity index (χ0v) is 16.5. The molecule has 1 aliphatic heterocycles. The Morgan fingerprint density at radius 3 is 2.87 bits per heavy atom. The summed E-state index contributed by atoms with van der Waals surface area (Å²) in [6, 6.07) is 12.9. The third kappa shape index (κ3) is 4.45. The van der Waals surface area contributed by atoms with E-state index in [2.05, 4.69) is 0 Å². The lowest BCUT2D eigenvalue weighted by molar-refractivity contribution is -0.145. The van der Waals surface area contributed by atoms with Gasteiger partial charge in [-0.15, -0.1) is 0 Å². The van der Waals surface area contributed by atoms with Gasteiger partial charge in [0.05, 0.1) is 7.92 Å². The van der Waals surface area contributed by atoms with Crippen LogP contribution >= 0.6 is 0 Å². The third-order valence-electron chi connectivity index (χ3n) is 5.18. The van der Waals surface area contributed by atoms with Crippen LogP contribution in [0.3, 0.4) is 0 Å². The summed E-state index contributed by atoms with van der Waals surface area (Å²) in [5.74, 6) is -0.926. The van der Waals surface area contributed by atoms with E-state index in [0.717, 1.165) is 10.5 Å². The normalized spacial score (nSPS) is 19.5. The van der Waals surface area contributed by atoms with E-state index in [1.165, 1.54) is 24.0 Å². The van der Waals surface area contributed by atoms with Gasteiger partial charge in [0.2, 0.25) is 0 Å². The lowest BCUT2D eigenvalue weighted by atomic mass is 10.0. The number of aromatic nitrogens is 1. The van der Waals surface area contributed by atoms with Crippen molar-refractivity contribution in [2.75, 3.05) is 6.54 Å². The Morgan fingerprint density at radius 2 is 2.10 bits per heavy atom. The molecule has 2 unspecified atom stereocenters. The van der Waals surface area contributed by atoms with E-state index in [1.54, 1.807) is 6.07 Å². The van der Waals surface area contributed by atoms with Crippen LogP contribution in [-0.2, 0) is 27.3 Å². The summed E-state index contributed by atoms with van der Waals surface area (Å²) >= 11 is 0. The number of halogens is 1. The summed E-state index contributed by atoms with van der Waals surface area (Å²) in [6.07, 6.45) is -0.464. The molecule has 1 fully saturated rings. The minimum atomic E-state index is -0.541. The van der Waals surface area contributed by atoms with Crippen LogP contribution in [0.15, 0.2) is 54.7 Å². The Bertz CT molecular complexity index is 1150. The van der Waals surface area contributed by atoms with Crippen molar-refractivity contribution in [2.45, 2.75) is 38.5 Å². The predicted molar refractivity (Wildman–Crippen MR) is 109 cm³/mol. The van der Waals surface area contributed by atoms with Crippen LogP contribution in [0.1, 0.15) is 25.8 Å². The average Bonchev–Trinajstić information content (AvgIpc) is 3.26. The number of carbonyl (C=O) groups excluding carboxylic acids is 2. The fourth-order valence-electron chi connectivity index (χ4n) is 3.84. The molecule has 0 aliphatic carbocycles. The van der Waals surface area contributed by atoms with Gasteiger partial charge in [0.1, 0.15) is 18.5 Å². The number of H-pyrrole nitrogens is 1. The van der Waals surface area contributed by atoms with Crippen molar-refractivity contribution in [3.05, 3.63) is 71.6 Å². The second-order valence-corrected chi connectivity index (χ2v) is 7.38. The van der Waals surface area contributed by atoms with Crippen LogP contribution in [0.4, 0.5) is 9.18 Å². The number of esters is 1. The van der Waals surface area contributed by atoms with Gasteiger partial charge in [0.15, 0.2) is 1.41 Å². The molecule has 6 nitrogen and oxygen atoms in total. The standard InChI is InChI=1S/C23H23FN2O4/c1-15(27)30-20-11-19(9-17-12-25-22-10-18(24)7-8-21(17)22)26(13-20)23(28)29-14-16-5-3-2-4-6-16/h2-8,10,12,19-20,25H,9,11,13-14H2,1H3/i12D/hD. The van der Waals surface area contributed by atoms with Crippen LogP contribution in [0, 0.1) is 5.82 Å².